The fourth-order valence-electron chi connectivity index (χ4n) is 1.77. The van der Waals surface area contributed by atoms with Gasteiger partial charge in [-0.15, -0.1) is 0 Å². The maximum absolute atomic E-state index is 11.9. The molecule has 0 fully saturated rings. The Labute approximate surface area is 130 Å². The number of rotatable bonds is 3. The average molecular weight is 316 g/mol. The van der Waals surface area contributed by atoms with E-state index in [0.29, 0.717) is 15.8 Å². The van der Waals surface area contributed by atoms with Crippen LogP contribution in [0.15, 0.2) is 60.0 Å². The van der Waals surface area contributed by atoms with Crippen molar-refractivity contribution in [3.63, 3.8) is 0 Å². The summed E-state index contributed by atoms with van der Waals surface area (Å²) < 4.78 is 5.27. The molecule has 21 heavy (non-hydrogen) atoms. The number of hydrogen-bond acceptors (Lipinski definition) is 4. The molecule has 1 aromatic heterocycles. The van der Waals surface area contributed by atoms with E-state index >= 15 is 0 Å². The SMILES string of the molecule is O=C(Oc1nc(-c2ccc(Cl)cc2)cs1)c1ccccc1. The molecule has 3 rings (SSSR count). The third kappa shape index (κ3) is 3.29. The van der Waals surface area contributed by atoms with Crippen LogP contribution in [0.25, 0.3) is 11.3 Å². The Hall–Kier alpha value is -2.17. The predicted octanol–water partition coefficient (Wildman–Crippen LogP) is 4.68. The number of halogens is 1. The van der Waals surface area contributed by atoms with Crippen molar-refractivity contribution in [3.8, 4) is 16.5 Å². The lowest BCUT2D eigenvalue weighted by Crippen LogP contribution is -2.07. The summed E-state index contributed by atoms with van der Waals surface area (Å²) in [4.78, 5) is 16.2. The second-order valence-electron chi connectivity index (χ2n) is 4.26. The second-order valence-corrected chi connectivity index (χ2v) is 5.52. The Kier molecular flexibility index (Phi) is 3.99. The molecule has 0 bridgehead atoms. The third-order valence-electron chi connectivity index (χ3n) is 2.81. The van der Waals surface area contributed by atoms with E-state index in [0.717, 1.165) is 11.3 Å². The molecule has 5 heteroatoms. The number of thiazole rings is 1. The van der Waals surface area contributed by atoms with Crippen LogP contribution in [-0.2, 0) is 0 Å². The van der Waals surface area contributed by atoms with E-state index in [9.17, 15) is 4.79 Å². The van der Waals surface area contributed by atoms with Gasteiger partial charge >= 0.3 is 5.97 Å². The minimum Gasteiger partial charge on any atom is -0.394 e. The van der Waals surface area contributed by atoms with Gasteiger partial charge in [0.25, 0.3) is 5.19 Å². The minimum absolute atomic E-state index is 0.328. The zero-order valence-electron chi connectivity index (χ0n) is 10.8. The zero-order chi connectivity index (χ0) is 14.7. The van der Waals surface area contributed by atoms with E-state index in [1.54, 1.807) is 36.4 Å². The van der Waals surface area contributed by atoms with Crippen LogP contribution in [-0.4, -0.2) is 11.0 Å². The van der Waals surface area contributed by atoms with Crippen LogP contribution in [0.5, 0.6) is 5.19 Å². The van der Waals surface area contributed by atoms with Gasteiger partial charge in [0, 0.05) is 16.0 Å². The largest absolute Gasteiger partial charge is 0.394 e. The number of nitrogens with zero attached hydrogens (tertiary/aromatic N) is 1. The molecule has 1 heterocycles. The quantitative estimate of drug-likeness (QED) is 0.659. The third-order valence-corrected chi connectivity index (χ3v) is 3.78. The Morgan fingerprint density at radius 1 is 1.05 bits per heavy atom. The smallest absolute Gasteiger partial charge is 0.345 e. The summed E-state index contributed by atoms with van der Waals surface area (Å²) in [5.41, 5.74) is 2.19. The topological polar surface area (TPSA) is 39.2 Å². The number of aromatic nitrogens is 1. The first-order valence-electron chi connectivity index (χ1n) is 6.21. The highest BCUT2D eigenvalue weighted by molar-refractivity contribution is 7.11. The highest BCUT2D eigenvalue weighted by Gasteiger charge is 2.11. The van der Waals surface area contributed by atoms with Crippen molar-refractivity contribution >= 4 is 28.9 Å². The molecule has 0 atom stereocenters. The first-order valence-corrected chi connectivity index (χ1v) is 7.47. The summed E-state index contributed by atoms with van der Waals surface area (Å²) in [6.07, 6.45) is 0. The molecule has 0 aliphatic heterocycles. The standard InChI is InChI=1S/C16H10ClNO2S/c17-13-8-6-11(7-9-13)14-10-21-16(18-14)20-15(19)12-4-2-1-3-5-12/h1-10H. The predicted molar refractivity (Wildman–Crippen MR) is 84.0 cm³/mol. The van der Waals surface area contributed by atoms with Crippen molar-refractivity contribution in [1.82, 2.24) is 4.98 Å². The van der Waals surface area contributed by atoms with E-state index in [-0.39, 0.29) is 0 Å². The van der Waals surface area contributed by atoms with Gasteiger partial charge in [-0.1, -0.05) is 53.3 Å². The van der Waals surface area contributed by atoms with Crippen LogP contribution in [0.3, 0.4) is 0 Å². The normalized spacial score (nSPS) is 10.3. The van der Waals surface area contributed by atoms with Gasteiger partial charge in [0.05, 0.1) is 11.3 Å². The molecule has 0 radical (unpaired) electrons. The number of carbonyl (C=O) groups is 1. The average Bonchev–Trinajstić information content (AvgIpc) is 2.97. The van der Waals surface area contributed by atoms with Gasteiger partial charge in [-0.25, -0.2) is 9.78 Å². The van der Waals surface area contributed by atoms with Crippen molar-refractivity contribution in [2.75, 3.05) is 0 Å². The van der Waals surface area contributed by atoms with Gasteiger partial charge in [-0.05, 0) is 24.3 Å². The number of ether oxygens (including phenoxy) is 1. The minimum atomic E-state index is -0.410. The molecule has 0 saturated heterocycles. The summed E-state index contributed by atoms with van der Waals surface area (Å²) in [6, 6.07) is 16.2. The fraction of sp³-hybridized carbons (Fsp3) is 0. The lowest BCUT2D eigenvalue weighted by atomic mass is 10.2. The van der Waals surface area contributed by atoms with Crippen LogP contribution < -0.4 is 4.74 Å². The molecule has 0 amide bonds. The highest BCUT2D eigenvalue weighted by Crippen LogP contribution is 2.27. The van der Waals surface area contributed by atoms with Gasteiger partial charge in [-0.3, -0.25) is 0 Å². The molecule has 2 aromatic carbocycles. The molecule has 3 aromatic rings. The summed E-state index contributed by atoms with van der Waals surface area (Å²) in [5.74, 6) is -0.410. The van der Waals surface area contributed by atoms with E-state index in [1.165, 1.54) is 11.3 Å². The molecule has 0 N–H and O–H groups in total. The van der Waals surface area contributed by atoms with Gasteiger partial charge in [0.2, 0.25) is 0 Å². The second kappa shape index (κ2) is 6.08. The van der Waals surface area contributed by atoms with Crippen LogP contribution in [0.4, 0.5) is 0 Å². The summed E-state index contributed by atoms with van der Waals surface area (Å²) >= 11 is 7.14. The Balaban J connectivity index is 1.76. The first kappa shape index (κ1) is 13.8. The zero-order valence-corrected chi connectivity index (χ0v) is 12.4. The number of hydrogen-bond donors (Lipinski definition) is 0. The molecule has 104 valence electrons. The van der Waals surface area contributed by atoms with Crippen molar-refractivity contribution in [3.05, 3.63) is 70.6 Å². The van der Waals surface area contributed by atoms with Gasteiger partial charge in [-0.2, -0.15) is 0 Å². The molecular weight excluding hydrogens is 306 g/mol. The van der Waals surface area contributed by atoms with Crippen molar-refractivity contribution in [2.45, 2.75) is 0 Å². The lowest BCUT2D eigenvalue weighted by molar-refractivity contribution is 0.0734. The van der Waals surface area contributed by atoms with E-state index in [1.807, 2.05) is 23.6 Å². The van der Waals surface area contributed by atoms with Crippen LogP contribution in [0.1, 0.15) is 10.4 Å². The number of carbonyl (C=O) groups excluding carboxylic acids is 1. The van der Waals surface area contributed by atoms with Crippen LogP contribution in [0.2, 0.25) is 5.02 Å². The monoisotopic (exact) mass is 315 g/mol. The van der Waals surface area contributed by atoms with Crippen molar-refractivity contribution < 1.29 is 9.53 Å². The lowest BCUT2D eigenvalue weighted by Gasteiger charge is -2.00. The van der Waals surface area contributed by atoms with E-state index in [4.69, 9.17) is 16.3 Å². The molecule has 0 aliphatic carbocycles. The Morgan fingerprint density at radius 3 is 2.48 bits per heavy atom. The number of benzene rings is 2. The van der Waals surface area contributed by atoms with Gasteiger partial charge < -0.3 is 4.74 Å². The summed E-state index contributed by atoms with van der Waals surface area (Å²) in [5, 5.41) is 2.84. The summed E-state index contributed by atoms with van der Waals surface area (Å²) in [7, 11) is 0. The molecule has 0 spiro atoms. The molecule has 0 saturated carbocycles. The highest BCUT2D eigenvalue weighted by atomic mass is 35.5. The van der Waals surface area contributed by atoms with Gasteiger partial charge in [0.1, 0.15) is 0 Å². The van der Waals surface area contributed by atoms with Crippen LogP contribution >= 0.6 is 22.9 Å². The van der Waals surface area contributed by atoms with Crippen molar-refractivity contribution in [2.24, 2.45) is 0 Å². The number of esters is 1. The van der Waals surface area contributed by atoms with Crippen molar-refractivity contribution in [1.29, 1.82) is 0 Å². The van der Waals surface area contributed by atoms with E-state index in [2.05, 4.69) is 4.98 Å². The Bertz CT molecular complexity index is 753. The summed E-state index contributed by atoms with van der Waals surface area (Å²) in [6.45, 7) is 0. The molecule has 0 unspecified atom stereocenters. The molecule has 0 aliphatic rings. The molecule has 3 nitrogen and oxygen atoms in total. The van der Waals surface area contributed by atoms with Crippen LogP contribution in [0, 0.1) is 0 Å². The van der Waals surface area contributed by atoms with E-state index < -0.39 is 5.97 Å². The fourth-order valence-corrected chi connectivity index (χ4v) is 2.57. The maximum Gasteiger partial charge on any atom is 0.345 e. The Morgan fingerprint density at radius 2 is 1.76 bits per heavy atom. The molecular formula is C16H10ClNO2S. The maximum atomic E-state index is 11.9. The first-order chi connectivity index (χ1) is 10.2. The van der Waals surface area contributed by atoms with Gasteiger partial charge in [0.15, 0.2) is 0 Å².